The maximum Gasteiger partial charge on any atom is 0.254 e. The Morgan fingerprint density at radius 3 is 2.12 bits per heavy atom. The van der Waals surface area contributed by atoms with E-state index in [2.05, 4.69) is 17.4 Å². The molecule has 33 heavy (non-hydrogen) atoms. The zero-order valence-corrected chi connectivity index (χ0v) is 20.5. The van der Waals surface area contributed by atoms with Crippen molar-refractivity contribution in [1.29, 1.82) is 0 Å². The summed E-state index contributed by atoms with van der Waals surface area (Å²) in [4.78, 5) is 28.5. The highest BCUT2D eigenvalue weighted by molar-refractivity contribution is 7.98. The summed E-state index contributed by atoms with van der Waals surface area (Å²) in [5, 5.41) is 3.01. The average molecular weight is 473 g/mol. The molecular weight excluding hydrogens is 440 g/mol. The quantitative estimate of drug-likeness (QED) is 0.556. The molecule has 0 atom stereocenters. The predicted octanol–water partition coefficient (Wildman–Crippen LogP) is 3.99. The fraction of sp³-hybridized carbons (Fsp3) is 0.440. The van der Waals surface area contributed by atoms with Crippen molar-refractivity contribution in [3.8, 4) is 17.2 Å². The minimum absolute atomic E-state index is 0.0540. The molecule has 0 spiro atoms. The van der Waals surface area contributed by atoms with Crippen molar-refractivity contribution < 1.29 is 23.8 Å². The molecule has 2 aromatic rings. The summed E-state index contributed by atoms with van der Waals surface area (Å²) in [5.41, 5.74) is 1.58. The number of methoxy groups -OCH3 is 3. The number of carbonyl (C=O) groups is 2. The van der Waals surface area contributed by atoms with Crippen LogP contribution in [0.4, 0.5) is 0 Å². The maximum atomic E-state index is 13.1. The van der Waals surface area contributed by atoms with Crippen LogP contribution in [-0.2, 0) is 11.3 Å². The van der Waals surface area contributed by atoms with Gasteiger partial charge in [0.1, 0.15) is 0 Å². The van der Waals surface area contributed by atoms with Gasteiger partial charge in [0, 0.05) is 36.5 Å². The predicted molar refractivity (Wildman–Crippen MR) is 129 cm³/mol. The highest BCUT2D eigenvalue weighted by Crippen LogP contribution is 2.38. The second-order valence-corrected chi connectivity index (χ2v) is 8.86. The summed E-state index contributed by atoms with van der Waals surface area (Å²) < 4.78 is 16.1. The largest absolute Gasteiger partial charge is 0.493 e. The van der Waals surface area contributed by atoms with Gasteiger partial charge in [-0.25, -0.2) is 0 Å². The molecule has 2 aromatic carbocycles. The van der Waals surface area contributed by atoms with Crippen molar-refractivity contribution >= 4 is 23.6 Å². The van der Waals surface area contributed by atoms with E-state index in [0.717, 1.165) is 18.4 Å². The van der Waals surface area contributed by atoms with E-state index in [1.54, 1.807) is 23.9 Å². The number of likely N-dealkylation sites (tertiary alicyclic amines) is 1. The molecule has 2 amide bonds. The molecule has 0 bridgehead atoms. The number of nitrogens with one attached hydrogen (secondary N) is 1. The smallest absolute Gasteiger partial charge is 0.254 e. The fourth-order valence-corrected chi connectivity index (χ4v) is 4.41. The van der Waals surface area contributed by atoms with Gasteiger partial charge in [-0.1, -0.05) is 12.1 Å². The topological polar surface area (TPSA) is 77.1 Å². The number of ether oxygens (including phenoxy) is 3. The molecule has 0 radical (unpaired) electrons. The van der Waals surface area contributed by atoms with Crippen LogP contribution in [0, 0.1) is 5.92 Å². The van der Waals surface area contributed by atoms with E-state index in [1.807, 2.05) is 23.3 Å². The Bertz CT molecular complexity index is 931. The zero-order chi connectivity index (χ0) is 23.8. The summed E-state index contributed by atoms with van der Waals surface area (Å²) in [6.45, 7) is 1.76. The molecule has 0 unspecified atom stereocenters. The minimum Gasteiger partial charge on any atom is -0.493 e. The number of amides is 2. The van der Waals surface area contributed by atoms with E-state index in [4.69, 9.17) is 14.2 Å². The number of thioether (sulfide) groups is 1. The van der Waals surface area contributed by atoms with E-state index in [1.165, 1.54) is 26.2 Å². The van der Waals surface area contributed by atoms with Gasteiger partial charge in [0.15, 0.2) is 11.5 Å². The molecule has 1 N–H and O–H groups in total. The molecule has 1 fully saturated rings. The van der Waals surface area contributed by atoms with Crippen molar-refractivity contribution in [2.45, 2.75) is 30.7 Å². The average Bonchev–Trinajstić information content (AvgIpc) is 2.86. The van der Waals surface area contributed by atoms with Crippen LogP contribution >= 0.6 is 11.8 Å². The van der Waals surface area contributed by atoms with Crippen LogP contribution < -0.4 is 19.5 Å². The van der Waals surface area contributed by atoms with Crippen LogP contribution in [-0.4, -0.2) is 57.4 Å². The molecule has 1 saturated heterocycles. The third-order valence-electron chi connectivity index (χ3n) is 5.94. The highest BCUT2D eigenvalue weighted by atomic mass is 32.2. The maximum absolute atomic E-state index is 13.1. The molecule has 1 heterocycles. The molecular formula is C25H32N2O5S. The number of hydrogen-bond donors (Lipinski definition) is 1. The van der Waals surface area contributed by atoms with Crippen LogP contribution in [0.15, 0.2) is 41.3 Å². The molecule has 0 saturated carbocycles. The second kappa shape index (κ2) is 11.8. The molecule has 1 aliphatic heterocycles. The van der Waals surface area contributed by atoms with Gasteiger partial charge in [-0.3, -0.25) is 9.59 Å². The number of carbonyl (C=O) groups excluding carboxylic acids is 2. The van der Waals surface area contributed by atoms with Gasteiger partial charge in [0.2, 0.25) is 11.7 Å². The van der Waals surface area contributed by atoms with Gasteiger partial charge in [-0.05, 0) is 54.8 Å². The van der Waals surface area contributed by atoms with E-state index in [0.29, 0.717) is 48.9 Å². The SMILES string of the molecule is COc1cc(C(=O)N2CCC(CC(=O)NCc3ccc(SC)cc3)CC2)cc(OC)c1OC. The number of piperidine rings is 1. The van der Waals surface area contributed by atoms with Crippen molar-refractivity contribution in [3.63, 3.8) is 0 Å². The number of benzene rings is 2. The van der Waals surface area contributed by atoms with E-state index in [9.17, 15) is 9.59 Å². The normalized spacial score (nSPS) is 14.0. The van der Waals surface area contributed by atoms with Gasteiger partial charge in [0.25, 0.3) is 5.91 Å². The molecule has 7 nitrogen and oxygen atoms in total. The first-order valence-corrected chi connectivity index (χ1v) is 12.2. The molecule has 0 aromatic heterocycles. The molecule has 8 heteroatoms. The highest BCUT2D eigenvalue weighted by Gasteiger charge is 2.26. The van der Waals surface area contributed by atoms with Crippen molar-refractivity contribution in [3.05, 3.63) is 47.5 Å². The number of rotatable bonds is 9. The Hall–Kier alpha value is -2.87. The van der Waals surface area contributed by atoms with Gasteiger partial charge < -0.3 is 24.4 Å². The standard InChI is InChI=1S/C25H32N2O5S/c1-30-21-14-19(15-22(31-2)24(21)32-3)25(29)27-11-9-17(10-12-27)13-23(28)26-16-18-5-7-20(33-4)8-6-18/h5-8,14-15,17H,9-13,16H2,1-4H3,(H,26,28). The lowest BCUT2D eigenvalue weighted by Gasteiger charge is -2.32. The molecule has 3 rings (SSSR count). The van der Waals surface area contributed by atoms with E-state index < -0.39 is 0 Å². The first-order chi connectivity index (χ1) is 16.0. The Labute approximate surface area is 199 Å². The first-order valence-electron chi connectivity index (χ1n) is 11.0. The summed E-state index contributed by atoms with van der Waals surface area (Å²) in [7, 11) is 4.59. The van der Waals surface area contributed by atoms with Gasteiger partial charge in [-0.15, -0.1) is 11.8 Å². The van der Waals surface area contributed by atoms with Gasteiger partial charge in [-0.2, -0.15) is 0 Å². The summed E-state index contributed by atoms with van der Waals surface area (Å²) in [6.07, 6.45) is 4.12. The Balaban J connectivity index is 1.50. The van der Waals surface area contributed by atoms with Crippen LogP contribution in [0.2, 0.25) is 0 Å². The monoisotopic (exact) mass is 472 g/mol. The fourth-order valence-electron chi connectivity index (χ4n) is 4.01. The molecule has 0 aliphatic carbocycles. The van der Waals surface area contributed by atoms with Crippen molar-refractivity contribution in [2.24, 2.45) is 5.92 Å². The van der Waals surface area contributed by atoms with Crippen molar-refractivity contribution in [1.82, 2.24) is 10.2 Å². The summed E-state index contributed by atoms with van der Waals surface area (Å²) in [6, 6.07) is 11.6. The Kier molecular flexibility index (Phi) is 8.88. The second-order valence-electron chi connectivity index (χ2n) is 7.98. The third kappa shape index (κ3) is 6.35. The van der Waals surface area contributed by atoms with E-state index >= 15 is 0 Å². The zero-order valence-electron chi connectivity index (χ0n) is 19.7. The third-order valence-corrected chi connectivity index (χ3v) is 6.68. The molecule has 178 valence electrons. The van der Waals surface area contributed by atoms with Crippen LogP contribution in [0.5, 0.6) is 17.2 Å². The van der Waals surface area contributed by atoms with Crippen molar-refractivity contribution in [2.75, 3.05) is 40.7 Å². The summed E-state index contributed by atoms with van der Waals surface area (Å²) >= 11 is 1.70. The van der Waals surface area contributed by atoms with Crippen LogP contribution in [0.3, 0.4) is 0 Å². The number of nitrogens with zero attached hydrogens (tertiary/aromatic N) is 1. The lowest BCUT2D eigenvalue weighted by atomic mass is 9.92. The summed E-state index contributed by atoms with van der Waals surface area (Å²) in [5.74, 6) is 1.61. The van der Waals surface area contributed by atoms with Gasteiger partial charge >= 0.3 is 0 Å². The lowest BCUT2D eigenvalue weighted by molar-refractivity contribution is -0.122. The van der Waals surface area contributed by atoms with E-state index in [-0.39, 0.29) is 17.7 Å². The molecule has 1 aliphatic rings. The van der Waals surface area contributed by atoms with Crippen LogP contribution in [0.25, 0.3) is 0 Å². The van der Waals surface area contributed by atoms with Crippen LogP contribution in [0.1, 0.15) is 35.2 Å². The lowest BCUT2D eigenvalue weighted by Crippen LogP contribution is -2.39. The number of hydrogen-bond acceptors (Lipinski definition) is 6. The first kappa shape index (κ1) is 24.8. The minimum atomic E-state index is -0.0779. The van der Waals surface area contributed by atoms with Gasteiger partial charge in [0.05, 0.1) is 21.3 Å². The Morgan fingerprint density at radius 1 is 1.00 bits per heavy atom. The Morgan fingerprint density at radius 2 is 1.61 bits per heavy atom.